The molecule has 1 aromatic carbocycles. The largest absolute Gasteiger partial charge is 0.425 e. The molecule has 20 heavy (non-hydrogen) atoms. The van der Waals surface area contributed by atoms with Gasteiger partial charge in [-0.25, -0.2) is 0 Å². The fraction of sp³-hybridized carbons (Fsp3) is 0.333. The average molecular weight is 343 g/mol. The van der Waals surface area contributed by atoms with E-state index in [4.69, 9.17) is 16.5 Å². The third kappa shape index (κ3) is 4.08. The van der Waals surface area contributed by atoms with Gasteiger partial charge >= 0.3 is 9.28 Å². The van der Waals surface area contributed by atoms with Crippen LogP contribution in [-0.2, 0) is 16.5 Å². The Balaban J connectivity index is 2.14. The van der Waals surface area contributed by atoms with Gasteiger partial charge < -0.3 is 16.5 Å². The highest BCUT2D eigenvalue weighted by molar-refractivity contribution is 6.64. The molecule has 110 valence electrons. The quantitative estimate of drug-likeness (QED) is 0.696. The second kappa shape index (κ2) is 7.61. The van der Waals surface area contributed by atoms with Gasteiger partial charge in [0, 0.05) is 0 Å². The van der Waals surface area contributed by atoms with Crippen molar-refractivity contribution >= 4 is 45.4 Å². The van der Waals surface area contributed by atoms with Crippen molar-refractivity contribution in [3.8, 4) is 0 Å². The minimum Gasteiger partial charge on any atom is -0.425 e. The second-order valence-corrected chi connectivity index (χ2v) is 12.7. The van der Waals surface area contributed by atoms with Crippen LogP contribution in [0.5, 0.6) is 0 Å². The summed E-state index contributed by atoms with van der Waals surface area (Å²) in [5.74, 6) is 0. The van der Waals surface area contributed by atoms with E-state index in [0.717, 1.165) is 0 Å². The Hall–Kier alpha value is -0.332. The molecular weight excluding hydrogens is 320 g/mol. The smallest absolute Gasteiger partial charge is 0.330 e. The third-order valence-electron chi connectivity index (χ3n) is 3.75. The van der Waals surface area contributed by atoms with Gasteiger partial charge in [-0.2, -0.15) is 0 Å². The minimum absolute atomic E-state index is 0.786. The van der Waals surface area contributed by atoms with E-state index in [0.29, 0.717) is 0 Å². The van der Waals surface area contributed by atoms with Gasteiger partial charge in [0.15, 0.2) is 0 Å². The standard InChI is InChI=1S/C12H22O4Si4/c1-8-7-12(11(4)10(3)9(8)2)5-6-20-15-18-13-17-14-19-16-20/h5-7,20H,17-19H2,1-4H3/b6-5+. The van der Waals surface area contributed by atoms with Crippen molar-refractivity contribution in [2.45, 2.75) is 27.7 Å². The van der Waals surface area contributed by atoms with Crippen LogP contribution in [0.3, 0.4) is 0 Å². The lowest BCUT2D eigenvalue weighted by Gasteiger charge is -2.18. The molecule has 1 aliphatic rings. The van der Waals surface area contributed by atoms with E-state index in [1.807, 2.05) is 0 Å². The summed E-state index contributed by atoms with van der Waals surface area (Å²) in [7, 11) is -4.27. The minimum atomic E-state index is -1.72. The molecule has 4 nitrogen and oxygen atoms in total. The van der Waals surface area contributed by atoms with Gasteiger partial charge in [0.25, 0.3) is 30.0 Å². The van der Waals surface area contributed by atoms with Crippen LogP contribution < -0.4 is 0 Å². The molecule has 0 amide bonds. The maximum Gasteiger partial charge on any atom is 0.330 e. The second-order valence-electron chi connectivity index (χ2n) is 4.98. The molecule has 2 rings (SSSR count). The van der Waals surface area contributed by atoms with E-state index in [9.17, 15) is 0 Å². The summed E-state index contributed by atoms with van der Waals surface area (Å²) < 4.78 is 22.4. The SMILES string of the molecule is Cc1cc(/C=C/[SiH]2O[SiH2]O[SiH2]O[SiH2]O2)c(C)c(C)c1C. The Morgan fingerprint density at radius 2 is 1.55 bits per heavy atom. The summed E-state index contributed by atoms with van der Waals surface area (Å²) in [6, 6.07) is 2.24. The third-order valence-corrected chi connectivity index (χ3v) is 10.6. The van der Waals surface area contributed by atoms with Gasteiger partial charge in [-0.05, 0) is 61.2 Å². The fourth-order valence-corrected chi connectivity index (χ4v) is 10.3. The Labute approximate surface area is 129 Å². The van der Waals surface area contributed by atoms with Gasteiger partial charge in [-0.15, -0.1) is 0 Å². The zero-order chi connectivity index (χ0) is 14.5. The van der Waals surface area contributed by atoms with Gasteiger partial charge in [0.05, 0.1) is 0 Å². The molecule has 1 saturated heterocycles. The topological polar surface area (TPSA) is 36.9 Å². The monoisotopic (exact) mass is 342 g/mol. The molecule has 0 bridgehead atoms. The lowest BCUT2D eigenvalue weighted by molar-refractivity contribution is 0.336. The number of aryl methyl sites for hydroxylation is 1. The van der Waals surface area contributed by atoms with Crippen molar-refractivity contribution in [2.24, 2.45) is 0 Å². The van der Waals surface area contributed by atoms with Crippen molar-refractivity contribution in [3.63, 3.8) is 0 Å². The molecular formula is C12H22O4Si4. The summed E-state index contributed by atoms with van der Waals surface area (Å²) in [6.45, 7) is 8.69. The molecule has 0 aromatic heterocycles. The van der Waals surface area contributed by atoms with E-state index < -0.39 is 39.3 Å². The maximum atomic E-state index is 5.76. The molecule has 0 saturated carbocycles. The summed E-state index contributed by atoms with van der Waals surface area (Å²) in [5, 5.41) is 0. The van der Waals surface area contributed by atoms with Crippen molar-refractivity contribution in [3.05, 3.63) is 39.6 Å². The van der Waals surface area contributed by atoms with Gasteiger partial charge in [0.2, 0.25) is 0 Å². The number of benzene rings is 1. The molecule has 1 fully saturated rings. The number of hydrogen-bond acceptors (Lipinski definition) is 4. The van der Waals surface area contributed by atoms with Crippen LogP contribution in [0, 0.1) is 27.7 Å². The van der Waals surface area contributed by atoms with E-state index in [-0.39, 0.29) is 0 Å². The molecule has 1 aliphatic heterocycles. The Bertz CT molecular complexity index is 499. The first-order chi connectivity index (χ1) is 9.59. The van der Waals surface area contributed by atoms with Crippen molar-refractivity contribution in [1.29, 1.82) is 0 Å². The number of rotatable bonds is 2. The summed E-state index contributed by atoms with van der Waals surface area (Å²) in [4.78, 5) is 0. The molecule has 0 aliphatic carbocycles. The molecule has 0 spiro atoms. The normalized spacial score (nSPS) is 24.5. The highest BCUT2D eigenvalue weighted by atomic mass is 28.4. The molecule has 0 atom stereocenters. The van der Waals surface area contributed by atoms with Crippen LogP contribution in [0.4, 0.5) is 0 Å². The maximum absolute atomic E-state index is 5.76. The van der Waals surface area contributed by atoms with Crippen LogP contribution in [-0.4, -0.2) is 39.3 Å². The lowest BCUT2D eigenvalue weighted by Crippen LogP contribution is -2.31. The average Bonchev–Trinajstić information content (AvgIpc) is 2.40. The highest BCUT2D eigenvalue weighted by Gasteiger charge is 2.13. The van der Waals surface area contributed by atoms with Crippen molar-refractivity contribution < 1.29 is 16.5 Å². The molecule has 0 unspecified atom stereocenters. The van der Waals surface area contributed by atoms with Crippen LogP contribution in [0.15, 0.2) is 11.8 Å². The fourth-order valence-electron chi connectivity index (χ4n) is 2.12. The van der Waals surface area contributed by atoms with Crippen LogP contribution in [0.2, 0.25) is 0 Å². The molecule has 8 heteroatoms. The van der Waals surface area contributed by atoms with Crippen molar-refractivity contribution in [1.82, 2.24) is 0 Å². The first-order valence-electron chi connectivity index (χ1n) is 6.74. The van der Waals surface area contributed by atoms with Crippen LogP contribution >= 0.6 is 0 Å². The van der Waals surface area contributed by atoms with Gasteiger partial charge in [0.1, 0.15) is 0 Å². The van der Waals surface area contributed by atoms with Gasteiger partial charge in [-0.1, -0.05) is 12.1 Å². The van der Waals surface area contributed by atoms with E-state index in [2.05, 4.69) is 45.5 Å². The van der Waals surface area contributed by atoms with E-state index >= 15 is 0 Å². The number of hydrogen-bond donors (Lipinski definition) is 0. The lowest BCUT2D eigenvalue weighted by atomic mass is 9.95. The molecule has 1 heterocycles. The predicted octanol–water partition coefficient (Wildman–Crippen LogP) is -0.230. The van der Waals surface area contributed by atoms with E-state index in [1.165, 1.54) is 27.8 Å². The van der Waals surface area contributed by atoms with Crippen molar-refractivity contribution in [2.75, 3.05) is 0 Å². The molecule has 1 aromatic rings. The van der Waals surface area contributed by atoms with Gasteiger partial charge in [-0.3, -0.25) is 0 Å². The summed E-state index contributed by atoms with van der Waals surface area (Å²) in [6.07, 6.45) is 2.15. The zero-order valence-corrected chi connectivity index (χ0v) is 18.0. The highest BCUT2D eigenvalue weighted by Crippen LogP contribution is 2.22. The predicted molar refractivity (Wildman–Crippen MR) is 91.5 cm³/mol. The summed E-state index contributed by atoms with van der Waals surface area (Å²) >= 11 is 0. The first-order valence-corrected chi connectivity index (χ1v) is 11.8. The Morgan fingerprint density at radius 1 is 0.900 bits per heavy atom. The zero-order valence-electron chi connectivity index (χ0n) is 12.6. The Kier molecular flexibility index (Phi) is 6.11. The van der Waals surface area contributed by atoms with E-state index in [1.54, 1.807) is 0 Å². The summed E-state index contributed by atoms with van der Waals surface area (Å²) in [5.41, 5.74) is 8.77. The van der Waals surface area contributed by atoms with Crippen LogP contribution in [0.1, 0.15) is 27.8 Å². The molecule has 0 N–H and O–H groups in total. The molecule has 0 radical (unpaired) electrons. The Morgan fingerprint density at radius 3 is 2.20 bits per heavy atom. The van der Waals surface area contributed by atoms with Crippen LogP contribution in [0.25, 0.3) is 6.08 Å². The first kappa shape index (κ1) is 16.0.